The molecule has 2 rings (SSSR count). The molecule has 13 heavy (non-hydrogen) atoms. The largest absolute Gasteiger partial charge is 0.379 e. The Morgan fingerprint density at radius 1 is 1.46 bits per heavy atom. The summed E-state index contributed by atoms with van der Waals surface area (Å²) < 4.78 is 6.33. The van der Waals surface area contributed by atoms with Crippen molar-refractivity contribution in [3.8, 4) is 0 Å². The van der Waals surface area contributed by atoms with Crippen LogP contribution in [0.15, 0.2) is 28.7 Å². The van der Waals surface area contributed by atoms with Gasteiger partial charge in [0.25, 0.3) is 0 Å². The van der Waals surface area contributed by atoms with Gasteiger partial charge in [0.15, 0.2) is 0 Å². The molecule has 0 radical (unpaired) electrons. The number of ether oxygens (including phenoxy) is 1. The second-order valence-corrected chi connectivity index (χ2v) is 4.40. The highest BCUT2D eigenvalue weighted by atomic mass is 79.9. The monoisotopic (exact) mass is 241 g/mol. The standard InChI is InChI=1S/C10H12BrNO/c11-9-3-1-2-8(4-9)10(5-12)6-13-7-10/h1-4H,5-7,12H2. The minimum absolute atomic E-state index is 0.0732. The molecule has 1 aliphatic rings. The van der Waals surface area contributed by atoms with Crippen molar-refractivity contribution in [2.24, 2.45) is 5.73 Å². The molecule has 0 spiro atoms. The van der Waals surface area contributed by atoms with E-state index in [0.717, 1.165) is 17.7 Å². The zero-order valence-electron chi connectivity index (χ0n) is 7.29. The fourth-order valence-electron chi connectivity index (χ4n) is 1.57. The van der Waals surface area contributed by atoms with Crippen LogP contribution in [0.25, 0.3) is 0 Å². The van der Waals surface area contributed by atoms with Gasteiger partial charge in [-0.3, -0.25) is 0 Å². The number of hydrogen-bond acceptors (Lipinski definition) is 2. The number of halogens is 1. The van der Waals surface area contributed by atoms with Crippen LogP contribution in [0.4, 0.5) is 0 Å². The lowest BCUT2D eigenvalue weighted by molar-refractivity contribution is -0.0550. The Kier molecular flexibility index (Phi) is 2.41. The summed E-state index contributed by atoms with van der Waals surface area (Å²) in [7, 11) is 0. The SMILES string of the molecule is NCC1(c2cccc(Br)c2)COC1. The van der Waals surface area contributed by atoms with Crippen molar-refractivity contribution in [1.29, 1.82) is 0 Å². The molecule has 1 aromatic carbocycles. The molecule has 70 valence electrons. The third-order valence-electron chi connectivity index (χ3n) is 2.58. The molecule has 0 bridgehead atoms. The maximum Gasteiger partial charge on any atom is 0.0597 e. The average molecular weight is 242 g/mol. The van der Waals surface area contributed by atoms with Gasteiger partial charge in [-0.15, -0.1) is 0 Å². The summed E-state index contributed by atoms with van der Waals surface area (Å²) in [5.74, 6) is 0. The summed E-state index contributed by atoms with van der Waals surface area (Å²) in [6.45, 7) is 2.16. The number of rotatable bonds is 2. The second kappa shape index (κ2) is 3.40. The molecule has 1 aliphatic heterocycles. The Bertz CT molecular complexity index is 304. The molecule has 1 heterocycles. The molecule has 1 aromatic rings. The summed E-state index contributed by atoms with van der Waals surface area (Å²) in [6, 6.07) is 8.29. The Morgan fingerprint density at radius 3 is 2.69 bits per heavy atom. The molecule has 0 aliphatic carbocycles. The third-order valence-corrected chi connectivity index (χ3v) is 3.08. The summed E-state index contributed by atoms with van der Waals surface area (Å²) >= 11 is 3.46. The van der Waals surface area contributed by atoms with Crippen molar-refractivity contribution < 1.29 is 4.74 Å². The molecule has 1 fully saturated rings. The van der Waals surface area contributed by atoms with E-state index in [2.05, 4.69) is 28.1 Å². The van der Waals surface area contributed by atoms with Crippen molar-refractivity contribution in [3.05, 3.63) is 34.3 Å². The van der Waals surface area contributed by atoms with Crippen molar-refractivity contribution in [3.63, 3.8) is 0 Å². The first-order valence-electron chi connectivity index (χ1n) is 4.31. The Hall–Kier alpha value is -0.380. The first-order valence-corrected chi connectivity index (χ1v) is 5.10. The van der Waals surface area contributed by atoms with E-state index in [4.69, 9.17) is 10.5 Å². The van der Waals surface area contributed by atoms with E-state index in [1.165, 1.54) is 5.56 Å². The molecule has 0 aromatic heterocycles. The predicted octanol–water partition coefficient (Wildman–Crippen LogP) is 1.68. The van der Waals surface area contributed by atoms with E-state index in [0.29, 0.717) is 6.54 Å². The third kappa shape index (κ3) is 1.52. The summed E-state index contributed by atoms with van der Waals surface area (Å²) in [5.41, 5.74) is 7.10. The topological polar surface area (TPSA) is 35.2 Å². The number of hydrogen-bond donors (Lipinski definition) is 1. The van der Waals surface area contributed by atoms with Crippen LogP contribution in [0.5, 0.6) is 0 Å². The molecule has 2 nitrogen and oxygen atoms in total. The van der Waals surface area contributed by atoms with E-state index in [1.807, 2.05) is 12.1 Å². The minimum atomic E-state index is 0.0732. The van der Waals surface area contributed by atoms with Gasteiger partial charge in [0.1, 0.15) is 0 Å². The fraction of sp³-hybridized carbons (Fsp3) is 0.400. The van der Waals surface area contributed by atoms with Gasteiger partial charge in [-0.05, 0) is 17.7 Å². The maximum absolute atomic E-state index is 5.76. The summed E-state index contributed by atoms with van der Waals surface area (Å²) in [4.78, 5) is 0. The van der Waals surface area contributed by atoms with Crippen molar-refractivity contribution >= 4 is 15.9 Å². The van der Waals surface area contributed by atoms with Crippen LogP contribution in [-0.2, 0) is 10.2 Å². The van der Waals surface area contributed by atoms with E-state index in [1.54, 1.807) is 0 Å². The minimum Gasteiger partial charge on any atom is -0.379 e. The maximum atomic E-state index is 5.76. The highest BCUT2D eigenvalue weighted by molar-refractivity contribution is 9.10. The smallest absolute Gasteiger partial charge is 0.0597 e. The lowest BCUT2D eigenvalue weighted by Crippen LogP contribution is -2.52. The van der Waals surface area contributed by atoms with Gasteiger partial charge in [0.05, 0.1) is 18.6 Å². The van der Waals surface area contributed by atoms with Crippen molar-refractivity contribution in [1.82, 2.24) is 0 Å². The first-order chi connectivity index (χ1) is 6.27. The van der Waals surface area contributed by atoms with Gasteiger partial charge in [0, 0.05) is 11.0 Å². The second-order valence-electron chi connectivity index (χ2n) is 3.49. The Balaban J connectivity index is 2.33. The van der Waals surface area contributed by atoms with Crippen LogP contribution >= 0.6 is 15.9 Å². The van der Waals surface area contributed by atoms with Crippen molar-refractivity contribution in [2.75, 3.05) is 19.8 Å². The van der Waals surface area contributed by atoms with Crippen LogP contribution in [0, 0.1) is 0 Å². The molecule has 3 heteroatoms. The normalized spacial score (nSPS) is 19.5. The molecule has 2 N–H and O–H groups in total. The van der Waals surface area contributed by atoms with Crippen LogP contribution < -0.4 is 5.73 Å². The van der Waals surface area contributed by atoms with Gasteiger partial charge >= 0.3 is 0 Å². The average Bonchev–Trinajstić information content (AvgIpc) is 2.03. The van der Waals surface area contributed by atoms with Gasteiger partial charge in [-0.25, -0.2) is 0 Å². The highest BCUT2D eigenvalue weighted by Crippen LogP contribution is 2.32. The summed E-state index contributed by atoms with van der Waals surface area (Å²) in [6.07, 6.45) is 0. The summed E-state index contributed by atoms with van der Waals surface area (Å²) in [5, 5.41) is 0. The Morgan fingerprint density at radius 2 is 2.23 bits per heavy atom. The fourth-order valence-corrected chi connectivity index (χ4v) is 1.97. The van der Waals surface area contributed by atoms with Gasteiger partial charge < -0.3 is 10.5 Å². The molecule has 0 unspecified atom stereocenters. The lowest BCUT2D eigenvalue weighted by Gasteiger charge is -2.41. The van der Waals surface area contributed by atoms with Crippen LogP contribution in [-0.4, -0.2) is 19.8 Å². The van der Waals surface area contributed by atoms with Crippen LogP contribution in [0.3, 0.4) is 0 Å². The zero-order chi connectivity index (χ0) is 9.31. The quantitative estimate of drug-likeness (QED) is 0.856. The molecule has 0 atom stereocenters. The van der Waals surface area contributed by atoms with Crippen LogP contribution in [0.1, 0.15) is 5.56 Å². The van der Waals surface area contributed by atoms with E-state index in [9.17, 15) is 0 Å². The van der Waals surface area contributed by atoms with E-state index >= 15 is 0 Å². The van der Waals surface area contributed by atoms with Gasteiger partial charge in [-0.2, -0.15) is 0 Å². The van der Waals surface area contributed by atoms with Crippen LogP contribution in [0.2, 0.25) is 0 Å². The molecule has 1 saturated heterocycles. The van der Waals surface area contributed by atoms with E-state index in [-0.39, 0.29) is 5.41 Å². The molecular weight excluding hydrogens is 230 g/mol. The van der Waals surface area contributed by atoms with Gasteiger partial charge in [0.2, 0.25) is 0 Å². The predicted molar refractivity (Wildman–Crippen MR) is 55.7 cm³/mol. The first kappa shape index (κ1) is 9.19. The van der Waals surface area contributed by atoms with Crippen molar-refractivity contribution in [2.45, 2.75) is 5.41 Å². The zero-order valence-corrected chi connectivity index (χ0v) is 8.88. The molecule has 0 amide bonds. The van der Waals surface area contributed by atoms with E-state index < -0.39 is 0 Å². The Labute approximate surface area is 86.2 Å². The molecule has 0 saturated carbocycles. The lowest BCUT2D eigenvalue weighted by atomic mass is 9.79. The number of nitrogens with two attached hydrogens (primary N) is 1. The number of benzene rings is 1. The molecular formula is C10H12BrNO. The van der Waals surface area contributed by atoms with Gasteiger partial charge in [-0.1, -0.05) is 28.1 Å². The highest BCUT2D eigenvalue weighted by Gasteiger charge is 2.38.